The van der Waals surface area contributed by atoms with Gasteiger partial charge in [-0.15, -0.1) is 0 Å². The smallest absolute Gasteiger partial charge is 0.329 e. The molecule has 0 radical (unpaired) electrons. The van der Waals surface area contributed by atoms with Crippen molar-refractivity contribution >= 4 is 5.97 Å². The molecule has 0 amide bonds. The molecule has 1 saturated heterocycles. The SMILES string of the molecule is O.O=C(O)COCCN1CCN(Cc2ccccc2-c2ccc(F)cc2)CC1. The Kier molecular flexibility index (Phi) is 8.53. The van der Waals surface area contributed by atoms with Gasteiger partial charge in [-0.25, -0.2) is 9.18 Å². The highest BCUT2D eigenvalue weighted by molar-refractivity contribution is 5.68. The van der Waals surface area contributed by atoms with E-state index in [-0.39, 0.29) is 17.9 Å². The van der Waals surface area contributed by atoms with Gasteiger partial charge in [0.05, 0.1) is 6.61 Å². The summed E-state index contributed by atoms with van der Waals surface area (Å²) in [5.41, 5.74) is 3.41. The highest BCUT2D eigenvalue weighted by atomic mass is 19.1. The zero-order valence-corrected chi connectivity index (χ0v) is 15.8. The second-order valence-electron chi connectivity index (χ2n) is 6.73. The predicted octanol–water partition coefficient (Wildman–Crippen LogP) is 1.89. The van der Waals surface area contributed by atoms with E-state index in [1.807, 2.05) is 24.3 Å². The number of carbonyl (C=O) groups is 1. The van der Waals surface area contributed by atoms with E-state index in [0.717, 1.165) is 50.4 Å². The summed E-state index contributed by atoms with van der Waals surface area (Å²) in [4.78, 5) is 15.2. The Bertz CT molecular complexity index is 746. The minimum absolute atomic E-state index is 0. The lowest BCUT2D eigenvalue weighted by molar-refractivity contribution is -0.142. The Morgan fingerprint density at radius 2 is 1.64 bits per heavy atom. The molecule has 6 nitrogen and oxygen atoms in total. The van der Waals surface area contributed by atoms with Crippen molar-refractivity contribution in [1.29, 1.82) is 0 Å². The van der Waals surface area contributed by atoms with E-state index < -0.39 is 5.97 Å². The van der Waals surface area contributed by atoms with Crippen molar-refractivity contribution in [2.75, 3.05) is 45.9 Å². The maximum atomic E-state index is 13.2. The van der Waals surface area contributed by atoms with Crippen molar-refractivity contribution < 1.29 is 24.5 Å². The van der Waals surface area contributed by atoms with Crippen LogP contribution in [0.15, 0.2) is 48.5 Å². The van der Waals surface area contributed by atoms with E-state index in [1.54, 1.807) is 0 Å². The predicted molar refractivity (Wildman–Crippen MR) is 106 cm³/mol. The molecule has 0 bridgehead atoms. The normalized spacial score (nSPS) is 15.2. The molecule has 1 aliphatic heterocycles. The van der Waals surface area contributed by atoms with Crippen molar-refractivity contribution in [1.82, 2.24) is 9.80 Å². The van der Waals surface area contributed by atoms with Gasteiger partial charge in [-0.2, -0.15) is 0 Å². The number of halogens is 1. The molecule has 152 valence electrons. The quantitative estimate of drug-likeness (QED) is 0.696. The molecule has 0 aromatic heterocycles. The van der Waals surface area contributed by atoms with Crippen molar-refractivity contribution in [2.24, 2.45) is 0 Å². The number of ether oxygens (including phenoxy) is 1. The topological polar surface area (TPSA) is 84.5 Å². The number of hydrogen-bond donors (Lipinski definition) is 1. The lowest BCUT2D eigenvalue weighted by atomic mass is 9.99. The highest BCUT2D eigenvalue weighted by Gasteiger charge is 2.18. The van der Waals surface area contributed by atoms with Crippen LogP contribution in [0.1, 0.15) is 5.56 Å². The number of benzene rings is 2. The van der Waals surface area contributed by atoms with E-state index in [4.69, 9.17) is 9.84 Å². The monoisotopic (exact) mass is 390 g/mol. The highest BCUT2D eigenvalue weighted by Crippen LogP contribution is 2.25. The van der Waals surface area contributed by atoms with Crippen molar-refractivity contribution in [2.45, 2.75) is 6.54 Å². The number of piperazine rings is 1. The zero-order chi connectivity index (χ0) is 19.1. The molecule has 0 atom stereocenters. The summed E-state index contributed by atoms with van der Waals surface area (Å²) in [7, 11) is 0. The second-order valence-corrected chi connectivity index (χ2v) is 6.73. The number of rotatable bonds is 8. The van der Waals surface area contributed by atoms with E-state index in [1.165, 1.54) is 17.7 Å². The lowest BCUT2D eigenvalue weighted by Crippen LogP contribution is -2.46. The average Bonchev–Trinajstić information content (AvgIpc) is 2.68. The van der Waals surface area contributed by atoms with Crippen LogP contribution in [0.4, 0.5) is 4.39 Å². The van der Waals surface area contributed by atoms with Gasteiger partial charge in [0.1, 0.15) is 12.4 Å². The van der Waals surface area contributed by atoms with Crippen LogP contribution in [-0.4, -0.2) is 72.3 Å². The van der Waals surface area contributed by atoms with Crippen LogP contribution in [0, 0.1) is 5.82 Å². The molecule has 1 heterocycles. The minimum Gasteiger partial charge on any atom is -0.480 e. The van der Waals surface area contributed by atoms with Crippen LogP contribution >= 0.6 is 0 Å². The van der Waals surface area contributed by atoms with Gasteiger partial charge in [0, 0.05) is 39.3 Å². The van der Waals surface area contributed by atoms with Crippen molar-refractivity contribution in [3.63, 3.8) is 0 Å². The first-order valence-electron chi connectivity index (χ1n) is 9.20. The first kappa shape index (κ1) is 22.0. The van der Waals surface area contributed by atoms with E-state index in [0.29, 0.717) is 6.61 Å². The first-order valence-corrected chi connectivity index (χ1v) is 9.20. The molecule has 2 aromatic carbocycles. The number of nitrogens with zero attached hydrogens (tertiary/aromatic N) is 2. The number of carboxylic acids is 1. The van der Waals surface area contributed by atoms with Crippen LogP contribution in [0.5, 0.6) is 0 Å². The fourth-order valence-corrected chi connectivity index (χ4v) is 3.33. The van der Waals surface area contributed by atoms with Gasteiger partial charge < -0.3 is 15.3 Å². The zero-order valence-electron chi connectivity index (χ0n) is 15.8. The molecule has 1 aliphatic rings. The summed E-state index contributed by atoms with van der Waals surface area (Å²) in [6.45, 7) is 5.61. The third-order valence-electron chi connectivity index (χ3n) is 4.81. The number of carboxylic acid groups (broad SMARTS) is 1. The third-order valence-corrected chi connectivity index (χ3v) is 4.81. The maximum Gasteiger partial charge on any atom is 0.329 e. The van der Waals surface area contributed by atoms with Crippen LogP contribution < -0.4 is 0 Å². The molecule has 3 N–H and O–H groups in total. The maximum absolute atomic E-state index is 13.2. The molecule has 28 heavy (non-hydrogen) atoms. The molecule has 0 unspecified atom stereocenters. The Morgan fingerprint density at radius 3 is 2.32 bits per heavy atom. The summed E-state index contributed by atoms with van der Waals surface area (Å²) < 4.78 is 18.3. The van der Waals surface area contributed by atoms with Gasteiger partial charge in [0.2, 0.25) is 0 Å². The van der Waals surface area contributed by atoms with E-state index >= 15 is 0 Å². The average molecular weight is 390 g/mol. The Hall–Kier alpha value is -2.32. The fraction of sp³-hybridized carbons (Fsp3) is 0.381. The molecule has 0 spiro atoms. The molecular formula is C21H27FN2O4. The molecular weight excluding hydrogens is 363 g/mol. The van der Waals surface area contributed by atoms with Gasteiger partial charge in [-0.3, -0.25) is 9.80 Å². The second kappa shape index (κ2) is 10.9. The standard InChI is InChI=1S/C21H25FN2O3.H2O/c22-19-7-5-17(6-8-19)20-4-2-1-3-18(20)15-24-11-9-23(10-12-24)13-14-27-16-21(25)26;/h1-8H,9-16H2,(H,25,26);1H2. The van der Waals surface area contributed by atoms with Gasteiger partial charge in [-0.05, 0) is 28.8 Å². The first-order chi connectivity index (χ1) is 13.1. The van der Waals surface area contributed by atoms with E-state index in [9.17, 15) is 9.18 Å². The number of aliphatic carboxylic acids is 1. The Labute approximate surface area is 164 Å². The van der Waals surface area contributed by atoms with Crippen molar-refractivity contribution in [3.8, 4) is 11.1 Å². The Balaban J connectivity index is 0.00000280. The molecule has 2 aromatic rings. The summed E-state index contributed by atoms with van der Waals surface area (Å²) >= 11 is 0. The van der Waals surface area contributed by atoms with Gasteiger partial charge in [-0.1, -0.05) is 36.4 Å². The van der Waals surface area contributed by atoms with Crippen LogP contribution in [-0.2, 0) is 16.1 Å². The lowest BCUT2D eigenvalue weighted by Gasteiger charge is -2.35. The van der Waals surface area contributed by atoms with E-state index in [2.05, 4.69) is 21.9 Å². The molecule has 1 fully saturated rings. The van der Waals surface area contributed by atoms with Crippen molar-refractivity contribution in [3.05, 3.63) is 59.9 Å². The van der Waals surface area contributed by atoms with Crippen LogP contribution in [0.25, 0.3) is 11.1 Å². The molecule has 7 heteroatoms. The fourth-order valence-electron chi connectivity index (χ4n) is 3.33. The summed E-state index contributed by atoms with van der Waals surface area (Å²) in [5, 5.41) is 8.58. The summed E-state index contributed by atoms with van der Waals surface area (Å²) in [6, 6.07) is 14.9. The molecule has 3 rings (SSSR count). The van der Waals surface area contributed by atoms with Crippen LogP contribution in [0.3, 0.4) is 0 Å². The van der Waals surface area contributed by atoms with Gasteiger partial charge in [0.15, 0.2) is 0 Å². The minimum atomic E-state index is -0.931. The van der Waals surface area contributed by atoms with Crippen LogP contribution in [0.2, 0.25) is 0 Å². The summed E-state index contributed by atoms with van der Waals surface area (Å²) in [5.74, 6) is -1.15. The molecule has 0 saturated carbocycles. The Morgan fingerprint density at radius 1 is 1.00 bits per heavy atom. The number of hydrogen-bond acceptors (Lipinski definition) is 4. The van der Waals surface area contributed by atoms with Gasteiger partial charge >= 0.3 is 5.97 Å². The summed E-state index contributed by atoms with van der Waals surface area (Å²) in [6.07, 6.45) is 0. The van der Waals surface area contributed by atoms with Gasteiger partial charge in [0.25, 0.3) is 0 Å². The molecule has 0 aliphatic carbocycles. The largest absolute Gasteiger partial charge is 0.480 e. The third kappa shape index (κ3) is 6.38.